The normalized spacial score (nSPS) is 13.8. The van der Waals surface area contributed by atoms with Gasteiger partial charge in [-0.25, -0.2) is 4.98 Å². The van der Waals surface area contributed by atoms with Crippen molar-refractivity contribution in [3.05, 3.63) is 53.5 Å². The first-order valence-electron chi connectivity index (χ1n) is 6.18. The molecule has 1 aliphatic heterocycles. The van der Waals surface area contributed by atoms with Gasteiger partial charge in [0.15, 0.2) is 0 Å². The molecule has 20 heavy (non-hydrogen) atoms. The van der Waals surface area contributed by atoms with Crippen LogP contribution < -0.4 is 5.73 Å². The number of benzene rings is 1. The van der Waals surface area contributed by atoms with Crippen molar-refractivity contribution in [2.24, 2.45) is 0 Å². The molecule has 1 aromatic carbocycles. The van der Waals surface area contributed by atoms with Crippen molar-refractivity contribution in [1.29, 1.82) is 0 Å². The lowest BCUT2D eigenvalue weighted by molar-refractivity contribution is 0.239. The van der Waals surface area contributed by atoms with E-state index in [-0.39, 0.29) is 24.8 Å². The maximum atomic E-state index is 5.65. The molecular formula is C14H18Cl2N4. The largest absolute Gasteiger partial charge is 0.382 e. The summed E-state index contributed by atoms with van der Waals surface area (Å²) < 4.78 is 0. The molecule has 4 nitrogen and oxygen atoms in total. The Morgan fingerprint density at radius 1 is 1.10 bits per heavy atom. The van der Waals surface area contributed by atoms with E-state index in [0.717, 1.165) is 37.4 Å². The number of hydrogen-bond donors (Lipinski definition) is 1. The van der Waals surface area contributed by atoms with Crippen LogP contribution in [0.3, 0.4) is 0 Å². The summed E-state index contributed by atoms with van der Waals surface area (Å²) in [4.78, 5) is 11.1. The molecule has 0 unspecified atom stereocenters. The number of fused-ring (bicyclic) bond motifs is 1. The fraction of sp³-hybridized carbons (Fsp3) is 0.286. The van der Waals surface area contributed by atoms with Gasteiger partial charge in [-0.05, 0) is 5.56 Å². The standard InChI is InChI=1S/C14H16N4.2ClH/c15-14-8-16-13-10-18(7-6-12(13)17-14)9-11-4-2-1-3-5-11;;/h1-5,8H,6-7,9-10H2,(H2,15,17);2*1H. The highest BCUT2D eigenvalue weighted by atomic mass is 35.5. The Kier molecular flexibility index (Phi) is 6.20. The van der Waals surface area contributed by atoms with E-state index >= 15 is 0 Å². The van der Waals surface area contributed by atoms with Crippen LogP contribution in [-0.2, 0) is 19.5 Å². The summed E-state index contributed by atoms with van der Waals surface area (Å²) in [5.41, 5.74) is 9.11. The van der Waals surface area contributed by atoms with E-state index in [4.69, 9.17) is 5.73 Å². The molecule has 0 radical (unpaired) electrons. The molecule has 1 aliphatic rings. The van der Waals surface area contributed by atoms with E-state index in [0.29, 0.717) is 5.82 Å². The molecule has 0 saturated carbocycles. The van der Waals surface area contributed by atoms with Crippen molar-refractivity contribution in [1.82, 2.24) is 14.9 Å². The first kappa shape index (κ1) is 16.7. The molecule has 0 amide bonds. The lowest BCUT2D eigenvalue weighted by Gasteiger charge is -2.27. The molecule has 3 rings (SSSR count). The number of nitrogens with two attached hydrogens (primary N) is 1. The maximum Gasteiger partial charge on any atom is 0.142 e. The van der Waals surface area contributed by atoms with Crippen LogP contribution in [0.25, 0.3) is 0 Å². The van der Waals surface area contributed by atoms with Crippen molar-refractivity contribution in [3.63, 3.8) is 0 Å². The van der Waals surface area contributed by atoms with Crippen LogP contribution in [0.1, 0.15) is 17.0 Å². The van der Waals surface area contributed by atoms with Crippen molar-refractivity contribution >= 4 is 30.6 Å². The third-order valence-electron chi connectivity index (χ3n) is 3.24. The van der Waals surface area contributed by atoms with Gasteiger partial charge in [0.2, 0.25) is 0 Å². The molecule has 1 aromatic heterocycles. The quantitative estimate of drug-likeness (QED) is 0.925. The highest BCUT2D eigenvalue weighted by Gasteiger charge is 2.18. The van der Waals surface area contributed by atoms with Crippen molar-refractivity contribution in [2.75, 3.05) is 12.3 Å². The van der Waals surface area contributed by atoms with Crippen molar-refractivity contribution in [3.8, 4) is 0 Å². The second-order valence-electron chi connectivity index (χ2n) is 4.63. The van der Waals surface area contributed by atoms with E-state index in [1.807, 2.05) is 6.07 Å². The number of nitrogen functional groups attached to an aromatic ring is 1. The second-order valence-corrected chi connectivity index (χ2v) is 4.63. The smallest absolute Gasteiger partial charge is 0.142 e. The molecule has 2 aromatic rings. The van der Waals surface area contributed by atoms with Gasteiger partial charge in [-0.3, -0.25) is 9.88 Å². The minimum atomic E-state index is 0. The van der Waals surface area contributed by atoms with Gasteiger partial charge in [-0.1, -0.05) is 30.3 Å². The molecule has 0 atom stereocenters. The Bertz CT molecular complexity index is 548. The van der Waals surface area contributed by atoms with Crippen LogP contribution in [0, 0.1) is 0 Å². The molecule has 2 heterocycles. The zero-order valence-electron chi connectivity index (χ0n) is 11.0. The minimum Gasteiger partial charge on any atom is -0.382 e. The van der Waals surface area contributed by atoms with Crippen LogP contribution in [-0.4, -0.2) is 21.4 Å². The third kappa shape index (κ3) is 3.82. The van der Waals surface area contributed by atoms with E-state index < -0.39 is 0 Å². The highest BCUT2D eigenvalue weighted by Crippen LogP contribution is 2.17. The summed E-state index contributed by atoms with van der Waals surface area (Å²) in [6.45, 7) is 2.84. The Hall–Kier alpha value is -1.36. The second kappa shape index (κ2) is 7.43. The van der Waals surface area contributed by atoms with Gasteiger partial charge >= 0.3 is 0 Å². The van der Waals surface area contributed by atoms with Gasteiger partial charge in [0.25, 0.3) is 0 Å². The Balaban J connectivity index is 0.000001000. The molecule has 0 saturated heterocycles. The zero-order valence-corrected chi connectivity index (χ0v) is 12.7. The van der Waals surface area contributed by atoms with Gasteiger partial charge in [0.1, 0.15) is 5.82 Å². The predicted octanol–water partition coefficient (Wildman–Crippen LogP) is 2.46. The number of halogens is 2. The highest BCUT2D eigenvalue weighted by molar-refractivity contribution is 5.85. The first-order valence-corrected chi connectivity index (χ1v) is 6.18. The minimum absolute atomic E-state index is 0. The monoisotopic (exact) mass is 312 g/mol. The maximum absolute atomic E-state index is 5.65. The Morgan fingerprint density at radius 2 is 1.85 bits per heavy atom. The van der Waals surface area contributed by atoms with E-state index in [1.165, 1.54) is 5.56 Å². The molecule has 0 bridgehead atoms. The zero-order chi connectivity index (χ0) is 12.4. The van der Waals surface area contributed by atoms with Crippen LogP contribution >= 0.6 is 24.8 Å². The number of aromatic nitrogens is 2. The summed E-state index contributed by atoms with van der Waals surface area (Å²) in [6.07, 6.45) is 2.57. The predicted molar refractivity (Wildman–Crippen MR) is 85.2 cm³/mol. The summed E-state index contributed by atoms with van der Waals surface area (Å²) in [7, 11) is 0. The molecule has 0 spiro atoms. The SMILES string of the molecule is Cl.Cl.Nc1cnc2c(n1)CCN(Cc1ccccc1)C2. The lowest BCUT2D eigenvalue weighted by Crippen LogP contribution is -2.31. The van der Waals surface area contributed by atoms with Crippen LogP contribution in [0.2, 0.25) is 0 Å². The van der Waals surface area contributed by atoms with E-state index in [9.17, 15) is 0 Å². The molecule has 2 N–H and O–H groups in total. The number of nitrogens with zero attached hydrogens (tertiary/aromatic N) is 3. The molecule has 108 valence electrons. The molecule has 6 heteroatoms. The summed E-state index contributed by atoms with van der Waals surface area (Å²) in [5, 5.41) is 0. The number of rotatable bonds is 2. The summed E-state index contributed by atoms with van der Waals surface area (Å²) >= 11 is 0. The molecule has 0 fully saturated rings. The van der Waals surface area contributed by atoms with E-state index in [1.54, 1.807) is 6.20 Å². The lowest BCUT2D eigenvalue weighted by atomic mass is 10.1. The van der Waals surface area contributed by atoms with Gasteiger partial charge in [-0.15, -0.1) is 24.8 Å². The van der Waals surface area contributed by atoms with Crippen LogP contribution in [0.4, 0.5) is 5.82 Å². The van der Waals surface area contributed by atoms with E-state index in [2.05, 4.69) is 39.1 Å². The average molecular weight is 313 g/mol. The van der Waals surface area contributed by atoms with Crippen LogP contribution in [0.15, 0.2) is 36.5 Å². The topological polar surface area (TPSA) is 55.0 Å². The third-order valence-corrected chi connectivity index (χ3v) is 3.24. The molecular weight excluding hydrogens is 295 g/mol. The summed E-state index contributed by atoms with van der Waals surface area (Å²) in [6, 6.07) is 10.5. The fourth-order valence-corrected chi connectivity index (χ4v) is 2.33. The first-order chi connectivity index (χ1) is 8.81. The van der Waals surface area contributed by atoms with Crippen molar-refractivity contribution in [2.45, 2.75) is 19.5 Å². The summed E-state index contributed by atoms with van der Waals surface area (Å²) in [5.74, 6) is 0.519. The average Bonchev–Trinajstić information content (AvgIpc) is 2.40. The number of hydrogen-bond acceptors (Lipinski definition) is 4. The Morgan fingerprint density at radius 3 is 2.60 bits per heavy atom. The molecule has 0 aliphatic carbocycles. The van der Waals surface area contributed by atoms with Gasteiger partial charge in [0, 0.05) is 26.1 Å². The van der Waals surface area contributed by atoms with Gasteiger partial charge in [-0.2, -0.15) is 0 Å². The van der Waals surface area contributed by atoms with Gasteiger partial charge in [0.05, 0.1) is 17.6 Å². The van der Waals surface area contributed by atoms with Crippen LogP contribution in [0.5, 0.6) is 0 Å². The number of anilines is 1. The fourth-order valence-electron chi connectivity index (χ4n) is 2.33. The Labute approximate surface area is 131 Å². The van der Waals surface area contributed by atoms with Gasteiger partial charge < -0.3 is 5.73 Å². The van der Waals surface area contributed by atoms with Crippen molar-refractivity contribution < 1.29 is 0 Å².